The Morgan fingerprint density at radius 3 is 2.73 bits per heavy atom. The first-order valence-electron chi connectivity index (χ1n) is 4.87. The number of hydrogen-bond acceptors (Lipinski definition) is 3. The van der Waals surface area contributed by atoms with Crippen molar-refractivity contribution < 1.29 is 9.53 Å². The predicted octanol–water partition coefficient (Wildman–Crippen LogP) is 2.28. The molecule has 0 amide bonds. The minimum Gasteiger partial charge on any atom is -0.402 e. The lowest BCUT2D eigenvalue weighted by molar-refractivity contribution is -0.130. The first-order chi connectivity index (χ1) is 7.31. The highest BCUT2D eigenvalue weighted by Crippen LogP contribution is 2.16. The van der Waals surface area contributed by atoms with E-state index in [-0.39, 0.29) is 5.97 Å². The van der Waals surface area contributed by atoms with Gasteiger partial charge in [-0.1, -0.05) is 31.2 Å². The number of benzene rings is 1. The topological polar surface area (TPSA) is 38.7 Å². The van der Waals surface area contributed by atoms with E-state index in [9.17, 15) is 4.79 Å². The molecular weight excluding hydrogens is 190 g/mol. The van der Waals surface area contributed by atoms with Crippen molar-refractivity contribution in [1.29, 1.82) is 0 Å². The van der Waals surface area contributed by atoms with E-state index < -0.39 is 0 Å². The summed E-state index contributed by atoms with van der Waals surface area (Å²) in [6.45, 7) is 1.95. The van der Waals surface area contributed by atoms with E-state index in [0.29, 0.717) is 11.6 Å². The second-order valence-electron chi connectivity index (χ2n) is 3.17. The van der Waals surface area contributed by atoms with Gasteiger partial charge in [-0.3, -0.25) is 0 Å². The molecule has 0 spiro atoms. The first-order valence-corrected chi connectivity index (χ1v) is 4.87. The zero-order chi connectivity index (χ0) is 10.7. The fourth-order valence-electron chi connectivity index (χ4n) is 1.34. The summed E-state index contributed by atoms with van der Waals surface area (Å²) in [4.78, 5) is 15.5. The molecule has 0 saturated heterocycles. The monoisotopic (exact) mass is 201 g/mol. The summed E-state index contributed by atoms with van der Waals surface area (Å²) in [6.07, 6.45) is 2.54. The van der Waals surface area contributed by atoms with Crippen LogP contribution >= 0.6 is 0 Å². The fourth-order valence-corrected chi connectivity index (χ4v) is 1.34. The highest BCUT2D eigenvalue weighted by Gasteiger charge is 2.23. The van der Waals surface area contributed by atoms with E-state index >= 15 is 0 Å². The lowest BCUT2D eigenvalue weighted by Gasteiger charge is -1.97. The van der Waals surface area contributed by atoms with Crippen LogP contribution in [-0.4, -0.2) is 11.9 Å². The van der Waals surface area contributed by atoms with Gasteiger partial charge in [-0.2, -0.15) is 0 Å². The third-order valence-electron chi connectivity index (χ3n) is 2.04. The summed E-state index contributed by atoms with van der Waals surface area (Å²) < 4.78 is 5.06. The maximum absolute atomic E-state index is 11.3. The predicted molar refractivity (Wildman–Crippen MR) is 57.4 cm³/mol. The van der Waals surface area contributed by atoms with Gasteiger partial charge in [-0.25, -0.2) is 9.79 Å². The van der Waals surface area contributed by atoms with Crippen LogP contribution in [0.2, 0.25) is 0 Å². The van der Waals surface area contributed by atoms with E-state index in [1.807, 2.05) is 37.3 Å². The molecule has 0 aromatic heterocycles. The molecule has 1 aromatic carbocycles. The second-order valence-corrected chi connectivity index (χ2v) is 3.17. The number of ether oxygens (including phenoxy) is 1. The van der Waals surface area contributed by atoms with Gasteiger partial charge in [0.15, 0.2) is 0 Å². The third kappa shape index (κ3) is 1.96. The van der Waals surface area contributed by atoms with E-state index in [0.717, 1.165) is 12.0 Å². The average Bonchev–Trinajstić information content (AvgIpc) is 2.63. The van der Waals surface area contributed by atoms with Crippen molar-refractivity contribution in [3.05, 3.63) is 47.7 Å². The molecule has 15 heavy (non-hydrogen) atoms. The number of aliphatic imine (C=N–C) groups is 1. The van der Waals surface area contributed by atoms with Gasteiger partial charge in [-0.05, 0) is 18.6 Å². The molecule has 0 saturated carbocycles. The largest absolute Gasteiger partial charge is 0.402 e. The maximum Gasteiger partial charge on any atom is 0.363 e. The van der Waals surface area contributed by atoms with Crippen LogP contribution < -0.4 is 0 Å². The van der Waals surface area contributed by atoms with Gasteiger partial charge in [0.25, 0.3) is 0 Å². The van der Waals surface area contributed by atoms with Crippen molar-refractivity contribution in [1.82, 2.24) is 0 Å². The molecule has 0 N–H and O–H groups in total. The molecule has 0 aliphatic carbocycles. The van der Waals surface area contributed by atoms with Crippen LogP contribution in [0.5, 0.6) is 0 Å². The van der Waals surface area contributed by atoms with E-state index in [1.165, 1.54) is 0 Å². The van der Waals surface area contributed by atoms with Gasteiger partial charge < -0.3 is 4.74 Å². The maximum atomic E-state index is 11.3. The van der Waals surface area contributed by atoms with Crippen LogP contribution in [0, 0.1) is 0 Å². The molecule has 3 nitrogen and oxygen atoms in total. The molecule has 2 rings (SSSR count). The van der Waals surface area contributed by atoms with Crippen LogP contribution in [0.1, 0.15) is 18.9 Å². The quantitative estimate of drug-likeness (QED) is 0.544. The highest BCUT2D eigenvalue weighted by atomic mass is 16.6. The molecule has 0 unspecified atom stereocenters. The summed E-state index contributed by atoms with van der Waals surface area (Å²) in [5.74, 6) is 0.0241. The number of esters is 1. The zero-order valence-corrected chi connectivity index (χ0v) is 8.43. The Morgan fingerprint density at radius 1 is 1.33 bits per heavy atom. The summed E-state index contributed by atoms with van der Waals surface area (Å²) in [6, 6.07) is 9.39. The van der Waals surface area contributed by atoms with Crippen LogP contribution in [0.3, 0.4) is 0 Å². The lowest BCUT2D eigenvalue weighted by Crippen LogP contribution is -2.04. The van der Waals surface area contributed by atoms with Crippen LogP contribution in [0.25, 0.3) is 0 Å². The fraction of sp³-hybridized carbons (Fsp3) is 0.167. The van der Waals surface area contributed by atoms with Crippen molar-refractivity contribution in [3.63, 3.8) is 0 Å². The molecule has 76 valence electrons. The van der Waals surface area contributed by atoms with Crippen molar-refractivity contribution in [2.24, 2.45) is 4.99 Å². The van der Waals surface area contributed by atoms with Crippen LogP contribution in [-0.2, 0) is 9.53 Å². The van der Waals surface area contributed by atoms with Crippen LogP contribution in [0.15, 0.2) is 47.1 Å². The van der Waals surface area contributed by atoms with Crippen molar-refractivity contribution >= 4 is 11.9 Å². The molecular formula is C12H11NO2. The molecule has 0 radical (unpaired) electrons. The molecule has 0 bridgehead atoms. The second kappa shape index (κ2) is 4.09. The number of rotatable bonds is 2. The van der Waals surface area contributed by atoms with Crippen molar-refractivity contribution in [2.45, 2.75) is 13.3 Å². The number of allylic oxidation sites excluding steroid dienone is 1. The van der Waals surface area contributed by atoms with Gasteiger partial charge in [0.05, 0.1) is 0 Å². The Hall–Kier alpha value is -1.90. The summed E-state index contributed by atoms with van der Waals surface area (Å²) in [5.41, 5.74) is 1.22. The van der Waals surface area contributed by atoms with E-state index in [1.54, 1.807) is 6.08 Å². The Balaban J connectivity index is 2.31. The van der Waals surface area contributed by atoms with Gasteiger partial charge in [-0.15, -0.1) is 0 Å². The van der Waals surface area contributed by atoms with E-state index in [2.05, 4.69) is 4.99 Å². The number of cyclic esters (lactones) is 1. The third-order valence-corrected chi connectivity index (χ3v) is 2.04. The number of carbonyl (C=O) groups is 1. The molecule has 1 heterocycles. The lowest BCUT2D eigenvalue weighted by atomic mass is 10.2. The Bertz CT molecular complexity index is 432. The molecule has 0 fully saturated rings. The van der Waals surface area contributed by atoms with Gasteiger partial charge in [0.2, 0.25) is 5.90 Å². The van der Waals surface area contributed by atoms with Gasteiger partial charge in [0, 0.05) is 5.56 Å². The zero-order valence-electron chi connectivity index (χ0n) is 8.43. The van der Waals surface area contributed by atoms with Crippen molar-refractivity contribution in [2.75, 3.05) is 0 Å². The molecule has 1 aliphatic rings. The molecule has 1 aromatic rings. The smallest absolute Gasteiger partial charge is 0.363 e. The average molecular weight is 201 g/mol. The van der Waals surface area contributed by atoms with Crippen LogP contribution in [0.4, 0.5) is 0 Å². The van der Waals surface area contributed by atoms with Gasteiger partial charge >= 0.3 is 5.97 Å². The van der Waals surface area contributed by atoms with E-state index in [4.69, 9.17) is 4.74 Å². The summed E-state index contributed by atoms with van der Waals surface area (Å²) in [5, 5.41) is 0. The summed E-state index contributed by atoms with van der Waals surface area (Å²) >= 11 is 0. The van der Waals surface area contributed by atoms with Crippen molar-refractivity contribution in [3.8, 4) is 0 Å². The molecule has 3 heteroatoms. The minimum absolute atomic E-state index is 0.365. The first kappa shape index (κ1) is 9.65. The SMILES string of the molecule is CC/C=C1/N=C(c2ccccc2)OC1=O. The Morgan fingerprint density at radius 2 is 2.07 bits per heavy atom. The summed E-state index contributed by atoms with van der Waals surface area (Å²) in [7, 11) is 0. The normalized spacial score (nSPS) is 17.8. The van der Waals surface area contributed by atoms with Gasteiger partial charge in [0.1, 0.15) is 5.70 Å². The Kier molecular flexibility index (Phi) is 2.63. The molecule has 0 atom stereocenters. The Labute approximate surface area is 88.1 Å². The standard InChI is InChI=1S/C12H11NO2/c1-2-6-10-12(14)15-11(13-10)9-7-4-3-5-8-9/h3-8H,2H2,1H3/b10-6+. The molecule has 1 aliphatic heterocycles. The minimum atomic E-state index is -0.365. The number of carbonyl (C=O) groups excluding carboxylic acids is 1. The highest BCUT2D eigenvalue weighted by molar-refractivity contribution is 6.11. The number of hydrogen-bond donors (Lipinski definition) is 0. The number of nitrogens with zero attached hydrogens (tertiary/aromatic N) is 1.